The van der Waals surface area contributed by atoms with Gasteiger partial charge in [-0.05, 0) is 38.4 Å². The summed E-state index contributed by atoms with van der Waals surface area (Å²) in [5.41, 5.74) is 0. The van der Waals surface area contributed by atoms with E-state index in [1.165, 1.54) is 0 Å². The van der Waals surface area contributed by atoms with E-state index in [0.29, 0.717) is 5.92 Å². The Balaban J connectivity index is 2.01. The van der Waals surface area contributed by atoms with Crippen LogP contribution in [0.4, 0.5) is 0 Å². The lowest BCUT2D eigenvalue weighted by molar-refractivity contribution is -0.136. The zero-order valence-corrected chi connectivity index (χ0v) is 7.18. The fraction of sp³-hybridized carbons (Fsp3) is 0.875. The second-order valence-corrected chi connectivity index (χ2v) is 3.22. The third-order valence-electron chi connectivity index (χ3n) is 2.17. The Morgan fingerprint density at radius 2 is 2.17 bits per heavy atom. The van der Waals surface area contributed by atoms with E-state index in [1.54, 1.807) is 0 Å². The lowest BCUT2D eigenvalue weighted by Gasteiger charge is -2.22. The Labute approximate surface area is 72.3 Å². The molecule has 0 aliphatic carbocycles. The predicted octanol–water partition coefficient (Wildman–Crippen LogP) is -0.340. The van der Waals surface area contributed by atoms with Crippen LogP contribution in [0.2, 0.25) is 0 Å². The second kappa shape index (κ2) is 5.11. The molecule has 0 radical (unpaired) electrons. The summed E-state index contributed by atoms with van der Waals surface area (Å²) < 4.78 is 0. The Kier molecular flexibility index (Phi) is 4.04. The van der Waals surface area contributed by atoms with Gasteiger partial charge in [0.2, 0.25) is 0 Å². The highest BCUT2D eigenvalue weighted by Gasteiger charge is 2.12. The standard InChI is InChI=1S/C8H16N2O2/c11-8(12)6-10-5-7-1-3-9-4-2-7/h7,9-10H,1-6H2,(H,11,12). The van der Waals surface area contributed by atoms with E-state index >= 15 is 0 Å². The number of piperidine rings is 1. The van der Waals surface area contributed by atoms with Crippen molar-refractivity contribution >= 4 is 5.97 Å². The maximum Gasteiger partial charge on any atom is 0.317 e. The first-order chi connectivity index (χ1) is 5.79. The number of hydrogen-bond donors (Lipinski definition) is 3. The molecule has 0 spiro atoms. The van der Waals surface area contributed by atoms with Crippen molar-refractivity contribution in [3.63, 3.8) is 0 Å². The number of hydrogen-bond acceptors (Lipinski definition) is 3. The molecule has 4 nitrogen and oxygen atoms in total. The Hall–Kier alpha value is -0.610. The summed E-state index contributed by atoms with van der Waals surface area (Å²) in [7, 11) is 0. The minimum absolute atomic E-state index is 0.0872. The fourth-order valence-corrected chi connectivity index (χ4v) is 1.47. The third-order valence-corrected chi connectivity index (χ3v) is 2.17. The van der Waals surface area contributed by atoms with E-state index in [2.05, 4.69) is 10.6 Å². The molecule has 12 heavy (non-hydrogen) atoms. The van der Waals surface area contributed by atoms with Crippen molar-refractivity contribution in [2.24, 2.45) is 5.92 Å². The molecule has 0 aromatic rings. The normalized spacial score (nSPS) is 19.3. The van der Waals surface area contributed by atoms with E-state index in [-0.39, 0.29) is 6.54 Å². The molecule has 1 heterocycles. The summed E-state index contributed by atoms with van der Waals surface area (Å²) in [6.07, 6.45) is 2.32. The van der Waals surface area contributed by atoms with Crippen LogP contribution < -0.4 is 10.6 Å². The van der Waals surface area contributed by atoms with Gasteiger partial charge in [0.1, 0.15) is 0 Å². The molecule has 0 aromatic carbocycles. The summed E-state index contributed by atoms with van der Waals surface area (Å²) >= 11 is 0. The Bertz CT molecular complexity index is 144. The van der Waals surface area contributed by atoms with Crippen molar-refractivity contribution in [3.8, 4) is 0 Å². The molecular formula is C8H16N2O2. The van der Waals surface area contributed by atoms with Gasteiger partial charge in [0.15, 0.2) is 0 Å². The van der Waals surface area contributed by atoms with Gasteiger partial charge in [-0.15, -0.1) is 0 Å². The average Bonchev–Trinajstić information content (AvgIpc) is 2.05. The highest BCUT2D eigenvalue weighted by Crippen LogP contribution is 2.09. The van der Waals surface area contributed by atoms with Crippen LogP contribution in [0.3, 0.4) is 0 Å². The van der Waals surface area contributed by atoms with Crippen LogP contribution in [-0.2, 0) is 4.79 Å². The molecule has 1 saturated heterocycles. The molecule has 3 N–H and O–H groups in total. The maximum atomic E-state index is 10.2. The average molecular weight is 172 g/mol. The molecule has 0 aromatic heterocycles. The molecule has 0 saturated carbocycles. The van der Waals surface area contributed by atoms with Crippen molar-refractivity contribution in [2.45, 2.75) is 12.8 Å². The summed E-state index contributed by atoms with van der Waals surface area (Å²) in [6.45, 7) is 3.07. The topological polar surface area (TPSA) is 61.4 Å². The first kappa shape index (κ1) is 9.48. The molecule has 0 atom stereocenters. The quantitative estimate of drug-likeness (QED) is 0.543. The van der Waals surface area contributed by atoms with Crippen molar-refractivity contribution in [3.05, 3.63) is 0 Å². The van der Waals surface area contributed by atoms with E-state index in [0.717, 1.165) is 32.5 Å². The number of carbonyl (C=O) groups is 1. The van der Waals surface area contributed by atoms with Crippen LogP contribution in [0.5, 0.6) is 0 Å². The summed E-state index contributed by atoms with van der Waals surface area (Å²) in [5, 5.41) is 14.6. The largest absolute Gasteiger partial charge is 0.480 e. The Morgan fingerprint density at radius 1 is 1.50 bits per heavy atom. The molecule has 1 rings (SSSR count). The zero-order chi connectivity index (χ0) is 8.81. The number of carboxylic acids is 1. The molecule has 4 heteroatoms. The van der Waals surface area contributed by atoms with E-state index < -0.39 is 5.97 Å². The van der Waals surface area contributed by atoms with Crippen LogP contribution in [-0.4, -0.2) is 37.3 Å². The first-order valence-electron chi connectivity index (χ1n) is 4.42. The van der Waals surface area contributed by atoms with Gasteiger partial charge in [-0.3, -0.25) is 4.79 Å². The van der Waals surface area contributed by atoms with Crippen LogP contribution in [0.25, 0.3) is 0 Å². The lowest BCUT2D eigenvalue weighted by Crippen LogP contribution is -2.35. The van der Waals surface area contributed by atoms with Crippen molar-refractivity contribution in [1.29, 1.82) is 0 Å². The Morgan fingerprint density at radius 3 is 2.75 bits per heavy atom. The monoisotopic (exact) mass is 172 g/mol. The van der Waals surface area contributed by atoms with Crippen LogP contribution in [0.1, 0.15) is 12.8 Å². The minimum Gasteiger partial charge on any atom is -0.480 e. The van der Waals surface area contributed by atoms with E-state index in [9.17, 15) is 4.79 Å². The fourth-order valence-electron chi connectivity index (χ4n) is 1.47. The predicted molar refractivity (Wildman–Crippen MR) is 46.1 cm³/mol. The van der Waals surface area contributed by atoms with Gasteiger partial charge < -0.3 is 15.7 Å². The van der Waals surface area contributed by atoms with E-state index in [4.69, 9.17) is 5.11 Å². The van der Waals surface area contributed by atoms with Gasteiger partial charge in [0.05, 0.1) is 6.54 Å². The van der Waals surface area contributed by atoms with Crippen molar-refractivity contribution < 1.29 is 9.90 Å². The summed E-state index contributed by atoms with van der Waals surface area (Å²) in [5.74, 6) is -0.116. The van der Waals surface area contributed by atoms with Gasteiger partial charge in [-0.1, -0.05) is 0 Å². The molecule has 1 aliphatic heterocycles. The number of nitrogens with one attached hydrogen (secondary N) is 2. The summed E-state index contributed by atoms with van der Waals surface area (Å²) in [4.78, 5) is 10.2. The van der Waals surface area contributed by atoms with Gasteiger partial charge in [0, 0.05) is 0 Å². The molecule has 70 valence electrons. The lowest BCUT2D eigenvalue weighted by atomic mass is 9.98. The van der Waals surface area contributed by atoms with Gasteiger partial charge in [0.25, 0.3) is 0 Å². The molecule has 0 amide bonds. The van der Waals surface area contributed by atoms with Crippen molar-refractivity contribution in [2.75, 3.05) is 26.2 Å². The molecule has 1 fully saturated rings. The van der Waals surface area contributed by atoms with Gasteiger partial charge in [-0.25, -0.2) is 0 Å². The highest BCUT2D eigenvalue weighted by atomic mass is 16.4. The van der Waals surface area contributed by atoms with Gasteiger partial charge in [-0.2, -0.15) is 0 Å². The molecule has 0 bridgehead atoms. The van der Waals surface area contributed by atoms with Crippen LogP contribution in [0, 0.1) is 5.92 Å². The number of carboxylic acid groups (broad SMARTS) is 1. The van der Waals surface area contributed by atoms with Crippen molar-refractivity contribution in [1.82, 2.24) is 10.6 Å². The second-order valence-electron chi connectivity index (χ2n) is 3.22. The maximum absolute atomic E-state index is 10.2. The highest BCUT2D eigenvalue weighted by molar-refractivity contribution is 5.68. The first-order valence-corrected chi connectivity index (χ1v) is 4.42. The SMILES string of the molecule is O=C(O)CNCC1CCNCC1. The van der Waals surface area contributed by atoms with Crippen LogP contribution >= 0.6 is 0 Å². The molecule has 1 aliphatic rings. The summed E-state index contributed by atoms with van der Waals surface area (Å²) in [6, 6.07) is 0. The molecule has 0 unspecified atom stereocenters. The smallest absolute Gasteiger partial charge is 0.317 e. The minimum atomic E-state index is -0.774. The van der Waals surface area contributed by atoms with E-state index in [1.807, 2.05) is 0 Å². The van der Waals surface area contributed by atoms with Crippen LogP contribution in [0.15, 0.2) is 0 Å². The number of aliphatic carboxylic acids is 1. The molecular weight excluding hydrogens is 156 g/mol. The van der Waals surface area contributed by atoms with Gasteiger partial charge >= 0.3 is 5.97 Å². The zero-order valence-electron chi connectivity index (χ0n) is 7.18. The third kappa shape index (κ3) is 3.69. The number of rotatable bonds is 4.